The van der Waals surface area contributed by atoms with E-state index in [9.17, 15) is 14.7 Å². The van der Waals surface area contributed by atoms with Crippen LogP contribution in [0.15, 0.2) is 18.2 Å². The van der Waals surface area contributed by atoms with Crippen LogP contribution in [0, 0.1) is 5.92 Å². The summed E-state index contributed by atoms with van der Waals surface area (Å²) in [5, 5.41) is 9.57. The average Bonchev–Trinajstić information content (AvgIpc) is 2.50. The third kappa shape index (κ3) is 3.32. The minimum Gasteiger partial charge on any atom is -0.508 e. The summed E-state index contributed by atoms with van der Waals surface area (Å²) in [6.07, 6.45) is 0.0244. The number of hydrogen-bond acceptors (Lipinski definition) is 5. The van der Waals surface area contributed by atoms with Crippen LogP contribution in [-0.2, 0) is 20.7 Å². The second-order valence-corrected chi connectivity index (χ2v) is 5.72. The number of nitrogens with zero attached hydrogens (tertiary/aromatic N) is 1. The van der Waals surface area contributed by atoms with Crippen LogP contribution in [0.25, 0.3) is 0 Å². The molecule has 1 aliphatic rings. The molecule has 1 aromatic carbocycles. The van der Waals surface area contributed by atoms with Gasteiger partial charge in [0, 0.05) is 6.54 Å². The van der Waals surface area contributed by atoms with Crippen molar-refractivity contribution in [3.05, 3.63) is 29.3 Å². The predicted octanol–water partition coefficient (Wildman–Crippen LogP) is 2.26. The zero-order chi connectivity index (χ0) is 16.3. The summed E-state index contributed by atoms with van der Waals surface area (Å²) >= 11 is 0. The van der Waals surface area contributed by atoms with Crippen molar-refractivity contribution >= 4 is 12.1 Å². The van der Waals surface area contributed by atoms with Gasteiger partial charge in [-0.2, -0.15) is 0 Å². The molecule has 0 saturated heterocycles. The number of fused-ring (bicyclic) bond motifs is 1. The van der Waals surface area contributed by atoms with Gasteiger partial charge in [-0.25, -0.2) is 9.59 Å². The first-order valence-corrected chi connectivity index (χ1v) is 7.27. The fraction of sp³-hybridized carbons (Fsp3) is 0.500. The molecule has 0 aromatic heterocycles. The van der Waals surface area contributed by atoms with Crippen LogP contribution in [0.3, 0.4) is 0 Å². The smallest absolute Gasteiger partial charge is 0.410 e. The van der Waals surface area contributed by atoms with Gasteiger partial charge >= 0.3 is 12.1 Å². The molecule has 0 saturated carbocycles. The van der Waals surface area contributed by atoms with E-state index in [1.54, 1.807) is 12.1 Å². The number of ether oxygens (including phenoxy) is 2. The van der Waals surface area contributed by atoms with Crippen molar-refractivity contribution in [1.29, 1.82) is 0 Å². The molecule has 6 nitrogen and oxygen atoms in total. The Kier molecular flexibility index (Phi) is 4.90. The number of phenolic OH excluding ortho intramolecular Hbond substituents is 1. The van der Waals surface area contributed by atoms with Crippen LogP contribution in [0.1, 0.15) is 31.0 Å². The molecule has 6 heteroatoms. The minimum atomic E-state index is -0.839. The van der Waals surface area contributed by atoms with E-state index >= 15 is 0 Å². The molecule has 2 rings (SSSR count). The van der Waals surface area contributed by atoms with Gasteiger partial charge in [0.2, 0.25) is 0 Å². The maximum absolute atomic E-state index is 12.3. The Balaban J connectivity index is 2.29. The molecule has 1 amide bonds. The van der Waals surface area contributed by atoms with Crippen molar-refractivity contribution in [2.24, 2.45) is 5.92 Å². The molecule has 1 atom stereocenters. The molecular formula is C16H21NO5. The van der Waals surface area contributed by atoms with E-state index in [0.717, 1.165) is 5.56 Å². The summed E-state index contributed by atoms with van der Waals surface area (Å²) in [5.41, 5.74) is 1.50. The number of phenols is 1. The molecule has 22 heavy (non-hydrogen) atoms. The number of aromatic hydroxyl groups is 1. The minimum absolute atomic E-state index is 0.137. The van der Waals surface area contributed by atoms with Crippen molar-refractivity contribution < 1.29 is 24.2 Å². The van der Waals surface area contributed by atoms with Gasteiger partial charge in [0.05, 0.1) is 13.7 Å². The molecule has 1 heterocycles. The summed E-state index contributed by atoms with van der Waals surface area (Å²) in [6.45, 7) is 4.53. The van der Waals surface area contributed by atoms with Gasteiger partial charge in [-0.3, -0.25) is 4.90 Å². The third-order valence-electron chi connectivity index (χ3n) is 3.55. The van der Waals surface area contributed by atoms with Gasteiger partial charge in [0.25, 0.3) is 0 Å². The second kappa shape index (κ2) is 6.68. The molecule has 0 radical (unpaired) electrons. The van der Waals surface area contributed by atoms with Crippen LogP contribution < -0.4 is 0 Å². The number of esters is 1. The largest absolute Gasteiger partial charge is 0.508 e. The SMILES string of the molecule is COC(=O)C1c2ccc(O)cc2CCN1C(=O)OCC(C)C. The van der Waals surface area contributed by atoms with E-state index in [1.807, 2.05) is 13.8 Å². The summed E-state index contributed by atoms with van der Waals surface area (Å²) in [6, 6.07) is 3.92. The van der Waals surface area contributed by atoms with Gasteiger partial charge in [0.1, 0.15) is 5.75 Å². The summed E-state index contributed by atoms with van der Waals surface area (Å²) in [4.78, 5) is 25.8. The van der Waals surface area contributed by atoms with Crippen molar-refractivity contribution in [3.63, 3.8) is 0 Å². The summed E-state index contributed by atoms with van der Waals surface area (Å²) < 4.78 is 10.1. The number of hydrogen-bond donors (Lipinski definition) is 1. The monoisotopic (exact) mass is 307 g/mol. The maximum Gasteiger partial charge on any atom is 0.410 e. The molecular weight excluding hydrogens is 286 g/mol. The van der Waals surface area contributed by atoms with E-state index in [4.69, 9.17) is 9.47 Å². The Labute approximate surface area is 129 Å². The Bertz CT molecular complexity index is 570. The maximum atomic E-state index is 12.3. The third-order valence-corrected chi connectivity index (χ3v) is 3.55. The molecule has 1 aromatic rings. The first-order valence-electron chi connectivity index (χ1n) is 7.27. The molecule has 0 bridgehead atoms. The second-order valence-electron chi connectivity index (χ2n) is 5.72. The quantitative estimate of drug-likeness (QED) is 0.867. The van der Waals surface area contributed by atoms with E-state index in [2.05, 4.69) is 0 Å². The van der Waals surface area contributed by atoms with Crippen LogP contribution >= 0.6 is 0 Å². The van der Waals surface area contributed by atoms with Crippen LogP contribution in [0.4, 0.5) is 4.79 Å². The lowest BCUT2D eigenvalue weighted by atomic mass is 9.92. The van der Waals surface area contributed by atoms with Crippen LogP contribution in [0.5, 0.6) is 5.75 Å². The summed E-state index contributed by atoms with van der Waals surface area (Å²) in [5.74, 6) is -0.166. The molecule has 0 fully saturated rings. The molecule has 1 aliphatic heterocycles. The van der Waals surface area contributed by atoms with Crippen molar-refractivity contribution in [2.45, 2.75) is 26.3 Å². The van der Waals surface area contributed by atoms with Gasteiger partial charge < -0.3 is 14.6 Å². The molecule has 120 valence electrons. The highest BCUT2D eigenvalue weighted by molar-refractivity contribution is 5.84. The van der Waals surface area contributed by atoms with Gasteiger partial charge in [-0.05, 0) is 35.6 Å². The van der Waals surface area contributed by atoms with Crippen molar-refractivity contribution in [2.75, 3.05) is 20.3 Å². The summed E-state index contributed by atoms with van der Waals surface area (Å²) in [7, 11) is 1.29. The average molecular weight is 307 g/mol. The van der Waals surface area contributed by atoms with E-state index in [-0.39, 0.29) is 11.7 Å². The zero-order valence-corrected chi connectivity index (χ0v) is 13.0. The number of carbonyl (C=O) groups is 2. The Morgan fingerprint density at radius 3 is 2.77 bits per heavy atom. The lowest BCUT2D eigenvalue weighted by molar-refractivity contribution is -0.147. The number of rotatable bonds is 3. The highest BCUT2D eigenvalue weighted by Crippen LogP contribution is 2.33. The van der Waals surface area contributed by atoms with Crippen LogP contribution in [0.2, 0.25) is 0 Å². The van der Waals surface area contributed by atoms with Gasteiger partial charge in [0.15, 0.2) is 6.04 Å². The molecule has 0 spiro atoms. The molecule has 1 N–H and O–H groups in total. The van der Waals surface area contributed by atoms with Crippen LogP contribution in [-0.4, -0.2) is 42.3 Å². The Morgan fingerprint density at radius 1 is 1.41 bits per heavy atom. The predicted molar refractivity (Wildman–Crippen MR) is 79.5 cm³/mol. The van der Waals surface area contributed by atoms with E-state index in [1.165, 1.54) is 18.1 Å². The van der Waals surface area contributed by atoms with Gasteiger partial charge in [-0.15, -0.1) is 0 Å². The molecule has 1 unspecified atom stereocenters. The fourth-order valence-electron chi connectivity index (χ4n) is 2.50. The lowest BCUT2D eigenvalue weighted by Gasteiger charge is -2.34. The number of amides is 1. The normalized spacial score (nSPS) is 17.1. The molecule has 0 aliphatic carbocycles. The lowest BCUT2D eigenvalue weighted by Crippen LogP contribution is -2.44. The number of carbonyl (C=O) groups excluding carboxylic acids is 2. The Morgan fingerprint density at radius 2 is 2.14 bits per heavy atom. The van der Waals surface area contributed by atoms with Gasteiger partial charge in [-0.1, -0.05) is 19.9 Å². The zero-order valence-electron chi connectivity index (χ0n) is 13.0. The van der Waals surface area contributed by atoms with E-state index < -0.39 is 18.1 Å². The van der Waals surface area contributed by atoms with Crippen molar-refractivity contribution in [1.82, 2.24) is 4.90 Å². The standard InChI is InChI=1S/C16H21NO5/c1-10(2)9-22-16(20)17-7-6-11-8-12(18)4-5-13(11)14(17)15(19)21-3/h4-5,8,10,14,18H,6-7,9H2,1-3H3. The highest BCUT2D eigenvalue weighted by atomic mass is 16.6. The fourth-order valence-corrected chi connectivity index (χ4v) is 2.50. The number of methoxy groups -OCH3 is 1. The first kappa shape index (κ1) is 16.1. The highest BCUT2D eigenvalue weighted by Gasteiger charge is 2.37. The van der Waals surface area contributed by atoms with Crippen molar-refractivity contribution in [3.8, 4) is 5.75 Å². The Hall–Kier alpha value is -2.24. The number of benzene rings is 1. The first-order chi connectivity index (χ1) is 10.4. The topological polar surface area (TPSA) is 76.1 Å². The van der Waals surface area contributed by atoms with E-state index in [0.29, 0.717) is 25.1 Å².